The number of nitrogens with one attached hydrogen (secondary N) is 1. The lowest BCUT2D eigenvalue weighted by Crippen LogP contribution is -2.25. The number of benzene rings is 2. The van der Waals surface area contributed by atoms with E-state index in [9.17, 15) is 9.18 Å². The molecule has 0 fully saturated rings. The van der Waals surface area contributed by atoms with E-state index in [1.165, 1.54) is 18.3 Å². The van der Waals surface area contributed by atoms with E-state index < -0.39 is 0 Å². The van der Waals surface area contributed by atoms with Crippen molar-refractivity contribution in [2.45, 2.75) is 6.54 Å². The molecule has 0 aliphatic carbocycles. The fourth-order valence-corrected chi connectivity index (χ4v) is 3.39. The molecule has 1 N–H and O–H groups in total. The van der Waals surface area contributed by atoms with Crippen molar-refractivity contribution in [2.75, 3.05) is 0 Å². The highest BCUT2D eigenvalue weighted by atomic mass is 35.5. The van der Waals surface area contributed by atoms with Crippen LogP contribution in [0.25, 0.3) is 5.82 Å². The van der Waals surface area contributed by atoms with Crippen LogP contribution >= 0.6 is 23.2 Å². The summed E-state index contributed by atoms with van der Waals surface area (Å²) >= 11 is 12.1. The van der Waals surface area contributed by atoms with Gasteiger partial charge in [0.05, 0.1) is 10.0 Å². The topological polar surface area (TPSA) is 56.1 Å². The molecule has 0 saturated carbocycles. The second-order valence-electron chi connectivity index (χ2n) is 6.61. The van der Waals surface area contributed by atoms with Gasteiger partial charge in [-0.1, -0.05) is 35.3 Å². The molecule has 0 spiro atoms. The van der Waals surface area contributed by atoms with E-state index in [4.69, 9.17) is 27.9 Å². The van der Waals surface area contributed by atoms with Gasteiger partial charge in [0.25, 0.3) is 5.91 Å². The lowest BCUT2D eigenvalue weighted by Gasteiger charge is -2.11. The largest absolute Gasteiger partial charge is 0.457 e. The van der Waals surface area contributed by atoms with Crippen LogP contribution in [-0.4, -0.2) is 15.5 Å². The third kappa shape index (κ3) is 5.05. The number of halogens is 3. The third-order valence-electron chi connectivity index (χ3n) is 4.42. The number of aromatic nitrogens is 2. The first-order chi connectivity index (χ1) is 15.0. The molecule has 0 aliphatic rings. The van der Waals surface area contributed by atoms with Gasteiger partial charge in [-0.15, -0.1) is 0 Å². The van der Waals surface area contributed by atoms with E-state index in [2.05, 4.69) is 10.3 Å². The maximum Gasteiger partial charge on any atom is 0.268 e. The number of ether oxygens (including phenoxy) is 1. The molecular weight excluding hydrogens is 440 g/mol. The molecule has 5 nitrogen and oxygen atoms in total. The molecule has 8 heteroatoms. The van der Waals surface area contributed by atoms with Crippen LogP contribution in [0.3, 0.4) is 0 Å². The predicted octanol–water partition coefficient (Wildman–Crippen LogP) is 6.04. The van der Waals surface area contributed by atoms with E-state index in [1.807, 2.05) is 12.1 Å². The molecule has 0 unspecified atom stereocenters. The molecule has 31 heavy (non-hydrogen) atoms. The molecule has 0 saturated heterocycles. The zero-order chi connectivity index (χ0) is 21.8. The van der Waals surface area contributed by atoms with Gasteiger partial charge in [-0.2, -0.15) is 0 Å². The number of pyridine rings is 1. The van der Waals surface area contributed by atoms with Gasteiger partial charge < -0.3 is 10.1 Å². The first kappa shape index (κ1) is 20.9. The Kier molecular flexibility index (Phi) is 6.21. The third-order valence-corrected chi connectivity index (χ3v) is 4.91. The summed E-state index contributed by atoms with van der Waals surface area (Å²) in [6, 6.07) is 18.0. The molecule has 4 aromatic rings. The molecule has 0 aliphatic heterocycles. The molecule has 0 radical (unpaired) electrons. The van der Waals surface area contributed by atoms with Gasteiger partial charge in [-0.25, -0.2) is 9.37 Å². The molecular formula is C23H16Cl2FN3O2. The Balaban J connectivity index is 1.40. The van der Waals surface area contributed by atoms with Gasteiger partial charge >= 0.3 is 0 Å². The van der Waals surface area contributed by atoms with E-state index in [0.29, 0.717) is 39.6 Å². The summed E-state index contributed by atoms with van der Waals surface area (Å²) in [6.07, 6.45) is 3.18. The zero-order valence-electron chi connectivity index (χ0n) is 16.1. The highest BCUT2D eigenvalue weighted by molar-refractivity contribution is 6.35. The van der Waals surface area contributed by atoms with Crippen molar-refractivity contribution in [1.82, 2.24) is 14.9 Å². The second kappa shape index (κ2) is 9.20. The normalized spacial score (nSPS) is 10.7. The standard InChI is InChI=1S/C23H16Cl2FN3O2/c24-16-12-20(25)22(27-14-16)29-11-1-2-21(29)23(30)28-13-15-3-7-18(8-4-15)31-19-9-5-17(26)6-10-19/h1-12,14H,13H2,(H,28,30). The van der Waals surface area contributed by atoms with Crippen LogP contribution in [0.1, 0.15) is 16.1 Å². The SMILES string of the molecule is O=C(NCc1ccc(Oc2ccc(F)cc2)cc1)c1cccn1-c1ncc(Cl)cc1Cl. The molecule has 2 aromatic heterocycles. The average Bonchev–Trinajstić information content (AvgIpc) is 3.24. The highest BCUT2D eigenvalue weighted by Crippen LogP contribution is 2.24. The van der Waals surface area contributed by atoms with Crippen LogP contribution in [0.2, 0.25) is 10.0 Å². The van der Waals surface area contributed by atoms with Gasteiger partial charge in [0.2, 0.25) is 0 Å². The lowest BCUT2D eigenvalue weighted by atomic mass is 10.2. The molecule has 2 heterocycles. The highest BCUT2D eigenvalue weighted by Gasteiger charge is 2.15. The van der Waals surface area contributed by atoms with Crippen LogP contribution < -0.4 is 10.1 Å². The predicted molar refractivity (Wildman–Crippen MR) is 118 cm³/mol. The number of rotatable bonds is 6. The van der Waals surface area contributed by atoms with E-state index in [1.54, 1.807) is 53.2 Å². The molecule has 0 atom stereocenters. The fraction of sp³-hybridized carbons (Fsp3) is 0.0435. The van der Waals surface area contributed by atoms with Gasteiger partial charge in [0.1, 0.15) is 23.0 Å². The average molecular weight is 456 g/mol. The first-order valence-corrected chi connectivity index (χ1v) is 10.0. The summed E-state index contributed by atoms with van der Waals surface area (Å²) in [5.41, 5.74) is 1.29. The first-order valence-electron chi connectivity index (χ1n) is 9.29. The summed E-state index contributed by atoms with van der Waals surface area (Å²) < 4.78 is 20.3. The summed E-state index contributed by atoms with van der Waals surface area (Å²) in [7, 11) is 0. The Labute approximate surface area is 188 Å². The van der Waals surface area contributed by atoms with Crippen molar-refractivity contribution < 1.29 is 13.9 Å². The maximum absolute atomic E-state index is 13.0. The number of carbonyl (C=O) groups is 1. The quantitative estimate of drug-likeness (QED) is 0.385. The van der Waals surface area contributed by atoms with Crippen molar-refractivity contribution in [3.63, 3.8) is 0 Å². The number of hydrogen-bond donors (Lipinski definition) is 1. The van der Waals surface area contributed by atoms with Crippen molar-refractivity contribution in [3.05, 3.63) is 106 Å². The van der Waals surface area contributed by atoms with E-state index in [0.717, 1.165) is 5.56 Å². The number of carbonyl (C=O) groups excluding carboxylic acids is 1. The minimum absolute atomic E-state index is 0.274. The molecule has 4 rings (SSSR count). The maximum atomic E-state index is 13.0. The monoisotopic (exact) mass is 455 g/mol. The number of amides is 1. The molecule has 2 aromatic carbocycles. The van der Waals surface area contributed by atoms with Gasteiger partial charge in [-0.05, 0) is 60.2 Å². The van der Waals surface area contributed by atoms with Gasteiger partial charge in [-0.3, -0.25) is 9.36 Å². The Morgan fingerprint density at radius 3 is 2.39 bits per heavy atom. The minimum atomic E-state index is -0.321. The van der Waals surface area contributed by atoms with Crippen LogP contribution in [0, 0.1) is 5.82 Å². The Bertz CT molecular complexity index is 1210. The minimum Gasteiger partial charge on any atom is -0.457 e. The van der Waals surface area contributed by atoms with Gasteiger partial charge in [0.15, 0.2) is 5.82 Å². The fourth-order valence-electron chi connectivity index (χ4n) is 2.92. The smallest absolute Gasteiger partial charge is 0.268 e. The number of nitrogens with zero attached hydrogens (tertiary/aromatic N) is 2. The molecule has 0 bridgehead atoms. The molecule has 1 amide bonds. The second-order valence-corrected chi connectivity index (χ2v) is 7.45. The lowest BCUT2D eigenvalue weighted by molar-refractivity contribution is 0.0944. The zero-order valence-corrected chi connectivity index (χ0v) is 17.6. The van der Waals surface area contributed by atoms with Crippen LogP contribution in [0.5, 0.6) is 11.5 Å². The summed E-state index contributed by atoms with van der Waals surface area (Å²) in [4.78, 5) is 16.9. The molecule has 156 valence electrons. The van der Waals surface area contributed by atoms with Crippen LogP contribution in [0.15, 0.2) is 79.1 Å². The Morgan fingerprint density at radius 2 is 1.71 bits per heavy atom. The summed E-state index contributed by atoms with van der Waals surface area (Å²) in [5, 5.41) is 3.64. The van der Waals surface area contributed by atoms with Crippen molar-refractivity contribution in [3.8, 4) is 17.3 Å². The van der Waals surface area contributed by atoms with E-state index >= 15 is 0 Å². The van der Waals surface area contributed by atoms with Crippen molar-refractivity contribution in [1.29, 1.82) is 0 Å². The van der Waals surface area contributed by atoms with Gasteiger partial charge in [0, 0.05) is 18.9 Å². The van der Waals surface area contributed by atoms with Crippen LogP contribution in [0.4, 0.5) is 4.39 Å². The Hall–Kier alpha value is -3.35. The summed E-state index contributed by atoms with van der Waals surface area (Å²) in [5.74, 6) is 0.975. The number of hydrogen-bond acceptors (Lipinski definition) is 3. The van der Waals surface area contributed by atoms with Crippen molar-refractivity contribution >= 4 is 29.1 Å². The van der Waals surface area contributed by atoms with E-state index in [-0.39, 0.29) is 11.7 Å². The van der Waals surface area contributed by atoms with Crippen LogP contribution in [-0.2, 0) is 6.54 Å². The van der Waals surface area contributed by atoms with Crippen molar-refractivity contribution in [2.24, 2.45) is 0 Å². The Morgan fingerprint density at radius 1 is 1.03 bits per heavy atom. The summed E-state index contributed by atoms with van der Waals surface area (Å²) in [6.45, 7) is 0.322.